The van der Waals surface area contributed by atoms with Crippen LogP contribution in [-0.4, -0.2) is 36.5 Å². The van der Waals surface area contributed by atoms with E-state index in [1.807, 2.05) is 7.05 Å². The van der Waals surface area contributed by atoms with Gasteiger partial charge >= 0.3 is 0 Å². The van der Waals surface area contributed by atoms with E-state index in [0.717, 1.165) is 25.0 Å². The summed E-state index contributed by atoms with van der Waals surface area (Å²) in [4.78, 5) is 13.7. The zero-order chi connectivity index (χ0) is 14.9. The Balaban J connectivity index is 2.13. The van der Waals surface area contributed by atoms with Crippen molar-refractivity contribution in [2.75, 3.05) is 20.1 Å². The number of hydrogen-bond donors (Lipinski definition) is 1. The van der Waals surface area contributed by atoms with Crippen molar-refractivity contribution in [2.24, 2.45) is 0 Å². The Labute approximate surface area is 115 Å². The number of carbonyl (C=O) groups excluding carboxylic acids is 1. The highest BCUT2D eigenvalue weighted by Crippen LogP contribution is 2.23. The van der Waals surface area contributed by atoms with Crippen LogP contribution in [0.1, 0.15) is 30.1 Å². The summed E-state index contributed by atoms with van der Waals surface area (Å²) in [6, 6.07) is 1.49. The van der Waals surface area contributed by atoms with E-state index in [2.05, 4.69) is 12.2 Å². The molecule has 1 aliphatic heterocycles. The molecule has 0 aliphatic carbocycles. The van der Waals surface area contributed by atoms with E-state index in [1.54, 1.807) is 0 Å². The Morgan fingerprint density at radius 2 is 1.70 bits per heavy atom. The van der Waals surface area contributed by atoms with Crippen molar-refractivity contribution < 1.29 is 18.0 Å². The summed E-state index contributed by atoms with van der Waals surface area (Å²) in [6.07, 6.45) is 1.50. The minimum Gasteiger partial charge on any atom is -0.339 e. The molecule has 1 N–H and O–H groups in total. The van der Waals surface area contributed by atoms with Crippen molar-refractivity contribution in [3.8, 4) is 0 Å². The molecule has 1 aliphatic rings. The van der Waals surface area contributed by atoms with Crippen LogP contribution in [-0.2, 0) is 0 Å². The minimum atomic E-state index is -1.55. The summed E-state index contributed by atoms with van der Waals surface area (Å²) >= 11 is 0. The maximum Gasteiger partial charge on any atom is 0.254 e. The van der Waals surface area contributed by atoms with Gasteiger partial charge in [0.1, 0.15) is 0 Å². The SMILES string of the molecule is CNC1(C)CCN(C(=O)c2cc(F)c(F)c(F)c2)CC1. The molecule has 1 heterocycles. The maximum atomic E-state index is 13.1. The third-order valence-corrected chi connectivity index (χ3v) is 3.99. The van der Waals surface area contributed by atoms with Crippen LogP contribution < -0.4 is 5.32 Å². The van der Waals surface area contributed by atoms with Crippen LogP contribution in [0.2, 0.25) is 0 Å². The van der Waals surface area contributed by atoms with Crippen LogP contribution in [0, 0.1) is 17.5 Å². The molecule has 2 rings (SSSR count). The molecular formula is C14H17F3N2O. The zero-order valence-electron chi connectivity index (χ0n) is 11.5. The second-order valence-electron chi connectivity index (χ2n) is 5.36. The molecule has 1 aromatic rings. The van der Waals surface area contributed by atoms with Crippen molar-refractivity contribution in [2.45, 2.75) is 25.3 Å². The molecule has 1 amide bonds. The summed E-state index contributed by atoms with van der Waals surface area (Å²) in [5.41, 5.74) is -0.190. The van der Waals surface area contributed by atoms with Crippen molar-refractivity contribution in [1.29, 1.82) is 0 Å². The predicted molar refractivity (Wildman–Crippen MR) is 68.9 cm³/mol. The molecule has 0 aromatic heterocycles. The highest BCUT2D eigenvalue weighted by atomic mass is 19.2. The predicted octanol–water partition coefficient (Wildman–Crippen LogP) is 2.32. The Morgan fingerprint density at radius 3 is 2.15 bits per heavy atom. The summed E-state index contributed by atoms with van der Waals surface area (Å²) in [6.45, 7) is 3.06. The van der Waals surface area contributed by atoms with Crippen LogP contribution in [0.4, 0.5) is 13.2 Å². The first-order chi connectivity index (χ1) is 9.36. The van der Waals surface area contributed by atoms with E-state index in [1.165, 1.54) is 4.90 Å². The van der Waals surface area contributed by atoms with E-state index in [0.29, 0.717) is 13.1 Å². The number of nitrogens with one attached hydrogen (secondary N) is 1. The van der Waals surface area contributed by atoms with Crippen LogP contribution in [0.15, 0.2) is 12.1 Å². The van der Waals surface area contributed by atoms with Crippen molar-refractivity contribution in [3.05, 3.63) is 35.1 Å². The molecule has 0 atom stereocenters. The number of piperidine rings is 1. The quantitative estimate of drug-likeness (QED) is 0.846. The molecule has 20 heavy (non-hydrogen) atoms. The number of amides is 1. The topological polar surface area (TPSA) is 32.3 Å². The average Bonchev–Trinajstić information content (AvgIpc) is 2.44. The van der Waals surface area contributed by atoms with Gasteiger partial charge in [-0.05, 0) is 38.9 Å². The Morgan fingerprint density at radius 1 is 1.20 bits per heavy atom. The fourth-order valence-corrected chi connectivity index (χ4v) is 2.31. The number of nitrogens with zero attached hydrogens (tertiary/aromatic N) is 1. The van der Waals surface area contributed by atoms with Crippen LogP contribution in [0.3, 0.4) is 0 Å². The third kappa shape index (κ3) is 2.80. The smallest absolute Gasteiger partial charge is 0.254 e. The van der Waals surface area contributed by atoms with Crippen molar-refractivity contribution in [3.63, 3.8) is 0 Å². The molecule has 0 radical (unpaired) electrons. The molecule has 110 valence electrons. The van der Waals surface area contributed by atoms with E-state index >= 15 is 0 Å². The van der Waals surface area contributed by atoms with Gasteiger partial charge in [0.2, 0.25) is 0 Å². The summed E-state index contributed by atoms with van der Waals surface area (Å²) in [7, 11) is 1.86. The Bertz CT molecular complexity index is 502. The molecule has 3 nitrogen and oxygen atoms in total. The lowest BCUT2D eigenvalue weighted by Crippen LogP contribution is -2.51. The minimum absolute atomic E-state index is 0.0317. The monoisotopic (exact) mass is 286 g/mol. The highest BCUT2D eigenvalue weighted by molar-refractivity contribution is 5.94. The number of rotatable bonds is 2. The highest BCUT2D eigenvalue weighted by Gasteiger charge is 2.31. The first-order valence-corrected chi connectivity index (χ1v) is 6.49. The first kappa shape index (κ1) is 14.8. The third-order valence-electron chi connectivity index (χ3n) is 3.99. The number of likely N-dealkylation sites (tertiary alicyclic amines) is 1. The summed E-state index contributed by atoms with van der Waals surface area (Å²) in [5.74, 6) is -4.71. The van der Waals surface area contributed by atoms with E-state index < -0.39 is 23.4 Å². The van der Waals surface area contributed by atoms with Gasteiger partial charge in [0.05, 0.1) is 0 Å². The van der Waals surface area contributed by atoms with Crippen molar-refractivity contribution in [1.82, 2.24) is 10.2 Å². The lowest BCUT2D eigenvalue weighted by molar-refractivity contribution is 0.0660. The van der Waals surface area contributed by atoms with E-state index in [9.17, 15) is 18.0 Å². The summed E-state index contributed by atoms with van der Waals surface area (Å²) < 4.78 is 39.2. The molecule has 0 unspecified atom stereocenters. The van der Waals surface area contributed by atoms with Gasteiger partial charge in [0.25, 0.3) is 5.91 Å². The van der Waals surface area contributed by atoms with Crippen LogP contribution >= 0.6 is 0 Å². The van der Waals surface area contributed by atoms with Gasteiger partial charge in [-0.3, -0.25) is 4.79 Å². The molecule has 0 bridgehead atoms. The van der Waals surface area contributed by atoms with Gasteiger partial charge in [0.15, 0.2) is 17.5 Å². The van der Waals surface area contributed by atoms with Gasteiger partial charge in [0, 0.05) is 24.2 Å². The second kappa shape index (κ2) is 5.44. The second-order valence-corrected chi connectivity index (χ2v) is 5.36. The fraction of sp³-hybridized carbons (Fsp3) is 0.500. The maximum absolute atomic E-state index is 13.1. The molecule has 0 spiro atoms. The molecule has 1 aromatic carbocycles. The number of carbonyl (C=O) groups is 1. The molecule has 0 saturated carbocycles. The lowest BCUT2D eigenvalue weighted by atomic mass is 9.89. The van der Waals surface area contributed by atoms with E-state index in [4.69, 9.17) is 0 Å². The van der Waals surface area contributed by atoms with Gasteiger partial charge in [-0.25, -0.2) is 13.2 Å². The summed E-state index contributed by atoms with van der Waals surface area (Å²) in [5, 5.41) is 3.20. The van der Waals surface area contributed by atoms with Gasteiger partial charge < -0.3 is 10.2 Å². The Hall–Kier alpha value is -1.56. The van der Waals surface area contributed by atoms with Crippen LogP contribution in [0.5, 0.6) is 0 Å². The molecule has 1 saturated heterocycles. The zero-order valence-corrected chi connectivity index (χ0v) is 11.5. The van der Waals surface area contributed by atoms with Gasteiger partial charge in [-0.2, -0.15) is 0 Å². The fourth-order valence-electron chi connectivity index (χ4n) is 2.31. The average molecular weight is 286 g/mol. The lowest BCUT2D eigenvalue weighted by Gasteiger charge is -2.39. The largest absolute Gasteiger partial charge is 0.339 e. The van der Waals surface area contributed by atoms with Crippen molar-refractivity contribution >= 4 is 5.91 Å². The first-order valence-electron chi connectivity index (χ1n) is 6.49. The standard InChI is InChI=1S/C14H17F3N2O/c1-14(18-2)3-5-19(6-4-14)13(20)9-7-10(15)12(17)11(16)8-9/h7-8,18H,3-6H2,1-2H3. The number of benzene rings is 1. The molecular weight excluding hydrogens is 269 g/mol. The van der Waals surface area contributed by atoms with Gasteiger partial charge in [-0.1, -0.05) is 0 Å². The molecule has 6 heteroatoms. The number of hydrogen-bond acceptors (Lipinski definition) is 2. The number of halogens is 3. The van der Waals surface area contributed by atoms with Crippen LogP contribution in [0.25, 0.3) is 0 Å². The molecule has 1 fully saturated rings. The van der Waals surface area contributed by atoms with Gasteiger partial charge in [-0.15, -0.1) is 0 Å². The Kier molecular flexibility index (Phi) is 4.04. The normalized spacial score (nSPS) is 18.1. The van der Waals surface area contributed by atoms with E-state index in [-0.39, 0.29) is 11.1 Å².